The first-order valence-corrected chi connectivity index (χ1v) is 7.22. The molecule has 0 spiro atoms. The van der Waals surface area contributed by atoms with E-state index in [9.17, 15) is 4.79 Å². The summed E-state index contributed by atoms with van der Waals surface area (Å²) in [5, 5.41) is 4.65. The number of rotatable bonds is 4. The lowest BCUT2D eigenvalue weighted by atomic mass is 9.85. The topological polar surface area (TPSA) is 68.3 Å². The number of carbonyl (C=O) groups is 1. The molecular formula is C16H20N2O2. The van der Waals surface area contributed by atoms with Crippen LogP contribution in [0.4, 0.5) is 0 Å². The largest absolute Gasteiger partial charge is 0.460 e. The minimum atomic E-state index is -0.152. The van der Waals surface area contributed by atoms with Crippen molar-refractivity contribution in [3.8, 4) is 0 Å². The fourth-order valence-electron chi connectivity index (χ4n) is 2.95. The molecule has 0 unspecified atom stereocenters. The summed E-state index contributed by atoms with van der Waals surface area (Å²) < 4.78 is 5.78. The number of hydrogen-bond donors (Lipinski definition) is 2. The molecule has 106 valence electrons. The van der Waals surface area contributed by atoms with Crippen molar-refractivity contribution in [2.75, 3.05) is 0 Å². The van der Waals surface area contributed by atoms with Crippen LogP contribution in [-0.2, 0) is 11.3 Å². The van der Waals surface area contributed by atoms with Crippen molar-refractivity contribution in [3.05, 3.63) is 36.1 Å². The van der Waals surface area contributed by atoms with E-state index < -0.39 is 0 Å². The number of furan rings is 1. The lowest BCUT2D eigenvalue weighted by Crippen LogP contribution is -2.36. The third kappa shape index (κ3) is 2.85. The van der Waals surface area contributed by atoms with Gasteiger partial charge in [-0.1, -0.05) is 18.2 Å². The Hall–Kier alpha value is -1.81. The summed E-state index contributed by atoms with van der Waals surface area (Å²) in [5.41, 5.74) is 6.28. The summed E-state index contributed by atoms with van der Waals surface area (Å²) in [5.74, 6) is 0.878. The monoisotopic (exact) mass is 272 g/mol. The highest BCUT2D eigenvalue weighted by atomic mass is 16.3. The summed E-state index contributed by atoms with van der Waals surface area (Å²) in [7, 11) is 0. The van der Waals surface area contributed by atoms with Gasteiger partial charge in [-0.2, -0.15) is 0 Å². The summed E-state index contributed by atoms with van der Waals surface area (Å²) >= 11 is 0. The number of benzene rings is 1. The van der Waals surface area contributed by atoms with Crippen molar-refractivity contribution in [2.24, 2.45) is 11.7 Å². The van der Waals surface area contributed by atoms with Gasteiger partial charge < -0.3 is 15.5 Å². The molecule has 20 heavy (non-hydrogen) atoms. The molecule has 1 aliphatic carbocycles. The molecule has 1 heterocycles. The normalized spacial score (nSPS) is 23.0. The van der Waals surface area contributed by atoms with Crippen LogP contribution in [0.3, 0.4) is 0 Å². The molecule has 3 rings (SSSR count). The Morgan fingerprint density at radius 3 is 2.70 bits per heavy atom. The van der Waals surface area contributed by atoms with Gasteiger partial charge in [0.2, 0.25) is 5.91 Å². The van der Waals surface area contributed by atoms with Crippen LogP contribution in [0.5, 0.6) is 0 Å². The SMILES string of the molecule is NC(=O)C1CCC(NCc2cc3ccccc3o2)CC1. The first-order chi connectivity index (χ1) is 9.72. The molecule has 0 bridgehead atoms. The second kappa shape index (κ2) is 5.67. The highest BCUT2D eigenvalue weighted by Gasteiger charge is 2.24. The fourth-order valence-corrected chi connectivity index (χ4v) is 2.95. The van der Waals surface area contributed by atoms with Gasteiger partial charge in [0.15, 0.2) is 0 Å². The molecule has 4 nitrogen and oxygen atoms in total. The maximum atomic E-state index is 11.1. The van der Waals surface area contributed by atoms with Gasteiger partial charge in [0.05, 0.1) is 6.54 Å². The third-order valence-electron chi connectivity index (χ3n) is 4.17. The number of para-hydroxylation sites is 1. The molecule has 0 saturated heterocycles. The summed E-state index contributed by atoms with van der Waals surface area (Å²) in [4.78, 5) is 11.1. The van der Waals surface area contributed by atoms with E-state index in [2.05, 4.69) is 17.4 Å². The van der Waals surface area contributed by atoms with E-state index in [1.165, 1.54) is 0 Å². The second-order valence-electron chi connectivity index (χ2n) is 5.58. The maximum Gasteiger partial charge on any atom is 0.220 e. The number of fused-ring (bicyclic) bond motifs is 1. The van der Waals surface area contributed by atoms with Crippen molar-refractivity contribution in [1.29, 1.82) is 0 Å². The van der Waals surface area contributed by atoms with Gasteiger partial charge in [-0.25, -0.2) is 0 Å². The third-order valence-corrected chi connectivity index (χ3v) is 4.17. The van der Waals surface area contributed by atoms with Gasteiger partial charge in [-0.05, 0) is 37.8 Å². The number of amides is 1. The zero-order valence-electron chi connectivity index (χ0n) is 11.5. The minimum absolute atomic E-state index is 0.0688. The Balaban J connectivity index is 1.54. The Morgan fingerprint density at radius 2 is 2.00 bits per heavy atom. The lowest BCUT2D eigenvalue weighted by molar-refractivity contribution is -0.122. The van der Waals surface area contributed by atoms with E-state index in [0.29, 0.717) is 6.04 Å². The minimum Gasteiger partial charge on any atom is -0.460 e. The smallest absolute Gasteiger partial charge is 0.220 e. The van der Waals surface area contributed by atoms with Crippen molar-refractivity contribution >= 4 is 16.9 Å². The van der Waals surface area contributed by atoms with Gasteiger partial charge >= 0.3 is 0 Å². The van der Waals surface area contributed by atoms with Crippen molar-refractivity contribution in [1.82, 2.24) is 5.32 Å². The van der Waals surface area contributed by atoms with E-state index in [-0.39, 0.29) is 11.8 Å². The van der Waals surface area contributed by atoms with Crippen LogP contribution < -0.4 is 11.1 Å². The van der Waals surface area contributed by atoms with E-state index in [1.807, 2.05) is 18.2 Å². The summed E-state index contributed by atoms with van der Waals surface area (Å²) in [6.45, 7) is 0.737. The molecule has 1 amide bonds. The molecule has 1 aromatic heterocycles. The molecule has 0 radical (unpaired) electrons. The Morgan fingerprint density at radius 1 is 1.25 bits per heavy atom. The molecule has 2 aromatic rings. The predicted octanol–water partition coefficient (Wildman–Crippen LogP) is 2.57. The van der Waals surface area contributed by atoms with Crippen molar-refractivity contribution < 1.29 is 9.21 Å². The quantitative estimate of drug-likeness (QED) is 0.898. The fraction of sp³-hybridized carbons (Fsp3) is 0.438. The molecule has 1 saturated carbocycles. The van der Waals surface area contributed by atoms with Crippen molar-refractivity contribution in [3.63, 3.8) is 0 Å². The van der Waals surface area contributed by atoms with Crippen LogP contribution in [0.1, 0.15) is 31.4 Å². The van der Waals surface area contributed by atoms with Crippen LogP contribution in [-0.4, -0.2) is 11.9 Å². The van der Waals surface area contributed by atoms with E-state index in [4.69, 9.17) is 10.2 Å². The summed E-state index contributed by atoms with van der Waals surface area (Å²) in [6, 6.07) is 10.6. The average Bonchev–Trinajstić information content (AvgIpc) is 2.88. The number of nitrogens with two attached hydrogens (primary N) is 1. The van der Waals surface area contributed by atoms with Gasteiger partial charge in [0.25, 0.3) is 0 Å². The molecule has 0 atom stereocenters. The lowest BCUT2D eigenvalue weighted by Gasteiger charge is -2.27. The average molecular weight is 272 g/mol. The van der Waals surface area contributed by atoms with Gasteiger partial charge in [-0.15, -0.1) is 0 Å². The molecule has 4 heteroatoms. The van der Waals surface area contributed by atoms with Crippen LogP contribution in [0, 0.1) is 5.92 Å². The maximum absolute atomic E-state index is 11.1. The molecule has 1 aliphatic rings. The van der Waals surface area contributed by atoms with Crippen LogP contribution in [0.15, 0.2) is 34.7 Å². The molecule has 1 fully saturated rings. The number of hydrogen-bond acceptors (Lipinski definition) is 3. The van der Waals surface area contributed by atoms with Crippen LogP contribution >= 0.6 is 0 Å². The number of primary amides is 1. The van der Waals surface area contributed by atoms with E-state index in [1.54, 1.807) is 0 Å². The number of carbonyl (C=O) groups excluding carboxylic acids is 1. The van der Waals surface area contributed by atoms with Gasteiger partial charge in [0.1, 0.15) is 11.3 Å². The Bertz CT molecular complexity index is 564. The highest BCUT2D eigenvalue weighted by molar-refractivity contribution is 5.77. The standard InChI is InChI=1S/C16H20N2O2/c17-16(19)11-5-7-13(8-6-11)18-10-14-9-12-3-1-2-4-15(12)20-14/h1-4,9,11,13,18H,5-8,10H2,(H2,17,19). The first-order valence-electron chi connectivity index (χ1n) is 7.22. The predicted molar refractivity (Wildman–Crippen MR) is 78.0 cm³/mol. The van der Waals surface area contributed by atoms with Gasteiger partial charge in [0, 0.05) is 17.3 Å². The van der Waals surface area contributed by atoms with E-state index in [0.717, 1.165) is 49.0 Å². The Kier molecular flexibility index (Phi) is 3.74. The Labute approximate surface area is 118 Å². The van der Waals surface area contributed by atoms with Gasteiger partial charge in [-0.3, -0.25) is 4.79 Å². The highest BCUT2D eigenvalue weighted by Crippen LogP contribution is 2.24. The molecule has 3 N–H and O–H groups in total. The zero-order chi connectivity index (χ0) is 13.9. The zero-order valence-corrected chi connectivity index (χ0v) is 11.5. The second-order valence-corrected chi connectivity index (χ2v) is 5.58. The molecule has 0 aliphatic heterocycles. The molecule has 1 aromatic carbocycles. The molecular weight excluding hydrogens is 252 g/mol. The van der Waals surface area contributed by atoms with E-state index >= 15 is 0 Å². The number of nitrogens with one attached hydrogen (secondary N) is 1. The first kappa shape index (κ1) is 13.2. The van der Waals surface area contributed by atoms with Crippen LogP contribution in [0.25, 0.3) is 11.0 Å². The van der Waals surface area contributed by atoms with Crippen molar-refractivity contribution in [2.45, 2.75) is 38.3 Å². The summed E-state index contributed by atoms with van der Waals surface area (Å²) in [6.07, 6.45) is 3.81. The van der Waals surface area contributed by atoms with Crippen LogP contribution in [0.2, 0.25) is 0 Å².